The summed E-state index contributed by atoms with van der Waals surface area (Å²) in [5.41, 5.74) is 3.36. The number of pyridine rings is 1. The summed E-state index contributed by atoms with van der Waals surface area (Å²) < 4.78 is 6.97. The predicted octanol–water partition coefficient (Wildman–Crippen LogP) is 5.91. The fourth-order valence-electron chi connectivity index (χ4n) is 2.74. The highest BCUT2D eigenvalue weighted by Crippen LogP contribution is 2.38. The largest absolute Gasteiger partial charge is 0.493 e. The molecule has 0 aliphatic heterocycles. The van der Waals surface area contributed by atoms with Crippen molar-refractivity contribution in [1.29, 1.82) is 0 Å². The van der Waals surface area contributed by atoms with E-state index >= 15 is 0 Å². The maximum Gasteiger partial charge on any atom is 0.354 e. The lowest BCUT2D eigenvalue weighted by Gasteiger charge is -2.16. The summed E-state index contributed by atoms with van der Waals surface area (Å²) in [6, 6.07) is 18.7. The molecule has 0 radical (unpaired) electrons. The standard InChI is InChI=1S/C22H20BrNO3/c1-14(2)13-27-21-11-10-15(23)12-18(21)16-6-3-4-7-17(16)19-8-5-9-20(24-19)22(25)26/h3-12,14H,13H2,1-2H3,(H,25,26). The lowest BCUT2D eigenvalue weighted by Crippen LogP contribution is -2.05. The van der Waals surface area contributed by atoms with Gasteiger partial charge in [-0.3, -0.25) is 0 Å². The second-order valence-corrected chi connectivity index (χ2v) is 7.52. The number of hydrogen-bond donors (Lipinski definition) is 1. The Morgan fingerprint density at radius 3 is 2.48 bits per heavy atom. The summed E-state index contributed by atoms with van der Waals surface area (Å²) >= 11 is 3.54. The van der Waals surface area contributed by atoms with Crippen LogP contribution < -0.4 is 4.74 Å². The third kappa shape index (κ3) is 4.55. The van der Waals surface area contributed by atoms with Crippen LogP contribution in [0.5, 0.6) is 5.75 Å². The summed E-state index contributed by atoms with van der Waals surface area (Å²) in [6.07, 6.45) is 0. The quantitative estimate of drug-likeness (QED) is 0.532. The molecule has 0 saturated heterocycles. The Balaban J connectivity index is 2.13. The Bertz CT molecular complexity index is 969. The molecular formula is C22H20BrNO3. The van der Waals surface area contributed by atoms with Crippen molar-refractivity contribution in [3.05, 3.63) is 70.8 Å². The van der Waals surface area contributed by atoms with Crippen LogP contribution in [0.3, 0.4) is 0 Å². The van der Waals surface area contributed by atoms with E-state index in [4.69, 9.17) is 4.74 Å². The van der Waals surface area contributed by atoms with Crippen molar-refractivity contribution in [2.24, 2.45) is 5.92 Å². The summed E-state index contributed by atoms with van der Waals surface area (Å²) in [5.74, 6) is 0.150. The third-order valence-corrected chi connectivity index (χ3v) is 4.47. The number of benzene rings is 2. The molecular weight excluding hydrogens is 406 g/mol. The van der Waals surface area contributed by atoms with Gasteiger partial charge in [0.05, 0.1) is 12.3 Å². The van der Waals surface area contributed by atoms with Crippen LogP contribution in [0, 0.1) is 5.92 Å². The summed E-state index contributed by atoms with van der Waals surface area (Å²) in [4.78, 5) is 15.6. The van der Waals surface area contributed by atoms with E-state index < -0.39 is 5.97 Å². The Morgan fingerprint density at radius 2 is 1.78 bits per heavy atom. The molecule has 0 saturated carbocycles. The number of nitrogens with zero attached hydrogens (tertiary/aromatic N) is 1. The molecule has 5 heteroatoms. The van der Waals surface area contributed by atoms with Gasteiger partial charge in [-0.2, -0.15) is 0 Å². The minimum absolute atomic E-state index is 0.0211. The zero-order valence-electron chi connectivity index (χ0n) is 15.1. The molecule has 0 unspecified atom stereocenters. The number of hydrogen-bond acceptors (Lipinski definition) is 3. The highest BCUT2D eigenvalue weighted by Gasteiger charge is 2.15. The van der Waals surface area contributed by atoms with Gasteiger partial charge in [-0.25, -0.2) is 9.78 Å². The van der Waals surface area contributed by atoms with E-state index in [2.05, 4.69) is 34.8 Å². The van der Waals surface area contributed by atoms with Crippen molar-refractivity contribution in [2.75, 3.05) is 6.61 Å². The molecule has 1 aromatic heterocycles. The molecule has 4 nitrogen and oxygen atoms in total. The normalized spacial score (nSPS) is 10.8. The van der Waals surface area contributed by atoms with Gasteiger partial charge in [0.1, 0.15) is 11.4 Å². The van der Waals surface area contributed by atoms with Gasteiger partial charge in [0.25, 0.3) is 0 Å². The number of carboxylic acids is 1. The van der Waals surface area contributed by atoms with E-state index in [1.54, 1.807) is 6.07 Å². The van der Waals surface area contributed by atoms with E-state index in [9.17, 15) is 9.90 Å². The smallest absolute Gasteiger partial charge is 0.354 e. The zero-order valence-corrected chi connectivity index (χ0v) is 16.7. The van der Waals surface area contributed by atoms with E-state index in [0.29, 0.717) is 18.2 Å². The first-order valence-electron chi connectivity index (χ1n) is 8.68. The van der Waals surface area contributed by atoms with Crippen molar-refractivity contribution in [2.45, 2.75) is 13.8 Å². The second-order valence-electron chi connectivity index (χ2n) is 6.60. The third-order valence-electron chi connectivity index (χ3n) is 3.98. The first-order valence-corrected chi connectivity index (χ1v) is 9.47. The average molecular weight is 426 g/mol. The van der Waals surface area contributed by atoms with Crippen LogP contribution >= 0.6 is 15.9 Å². The van der Waals surface area contributed by atoms with Crippen LogP contribution in [0.25, 0.3) is 22.4 Å². The molecule has 0 atom stereocenters. The van der Waals surface area contributed by atoms with Gasteiger partial charge in [-0.05, 0) is 41.8 Å². The number of carboxylic acid groups (broad SMARTS) is 1. The fourth-order valence-corrected chi connectivity index (χ4v) is 3.10. The Morgan fingerprint density at radius 1 is 1.04 bits per heavy atom. The van der Waals surface area contributed by atoms with Gasteiger partial charge in [0.2, 0.25) is 0 Å². The maximum atomic E-state index is 11.3. The molecule has 2 aromatic carbocycles. The molecule has 138 valence electrons. The molecule has 0 amide bonds. The Hall–Kier alpha value is -2.66. The molecule has 0 aliphatic carbocycles. The van der Waals surface area contributed by atoms with Crippen molar-refractivity contribution in [1.82, 2.24) is 4.98 Å². The van der Waals surface area contributed by atoms with Crippen LogP contribution in [0.1, 0.15) is 24.3 Å². The second kappa shape index (κ2) is 8.35. The number of aromatic nitrogens is 1. The number of carbonyl (C=O) groups is 1. The lowest BCUT2D eigenvalue weighted by molar-refractivity contribution is 0.0690. The molecule has 1 heterocycles. The van der Waals surface area contributed by atoms with Crippen LogP contribution in [0.15, 0.2) is 65.1 Å². The summed E-state index contributed by atoms with van der Waals surface area (Å²) in [7, 11) is 0. The van der Waals surface area contributed by atoms with Crippen molar-refractivity contribution in [3.8, 4) is 28.1 Å². The fraction of sp³-hybridized carbons (Fsp3) is 0.182. The van der Waals surface area contributed by atoms with Crippen LogP contribution in [0.4, 0.5) is 0 Å². The van der Waals surface area contributed by atoms with Gasteiger partial charge in [0, 0.05) is 15.6 Å². The highest BCUT2D eigenvalue weighted by molar-refractivity contribution is 9.10. The SMILES string of the molecule is CC(C)COc1ccc(Br)cc1-c1ccccc1-c1cccc(C(=O)O)n1. The molecule has 0 spiro atoms. The van der Waals surface area contributed by atoms with Crippen molar-refractivity contribution < 1.29 is 14.6 Å². The predicted molar refractivity (Wildman–Crippen MR) is 110 cm³/mol. The van der Waals surface area contributed by atoms with Crippen LogP contribution in [0.2, 0.25) is 0 Å². The number of aromatic carboxylic acids is 1. The van der Waals surface area contributed by atoms with Crippen LogP contribution in [-0.4, -0.2) is 22.7 Å². The average Bonchev–Trinajstić information content (AvgIpc) is 2.67. The van der Waals surface area contributed by atoms with Crippen LogP contribution in [-0.2, 0) is 0 Å². The molecule has 0 fully saturated rings. The zero-order chi connectivity index (χ0) is 19.4. The minimum Gasteiger partial charge on any atom is -0.493 e. The summed E-state index contributed by atoms with van der Waals surface area (Å²) in [5, 5.41) is 9.26. The van der Waals surface area contributed by atoms with E-state index in [0.717, 1.165) is 26.9 Å². The molecule has 3 aromatic rings. The Kier molecular flexibility index (Phi) is 5.91. The first kappa shape index (κ1) is 19.1. The number of ether oxygens (including phenoxy) is 1. The van der Waals surface area contributed by atoms with Gasteiger partial charge >= 0.3 is 5.97 Å². The van der Waals surface area contributed by atoms with Crippen molar-refractivity contribution in [3.63, 3.8) is 0 Å². The molecule has 3 rings (SSSR count). The maximum absolute atomic E-state index is 11.3. The van der Waals surface area contributed by atoms with E-state index in [-0.39, 0.29) is 5.69 Å². The Labute approximate surface area is 167 Å². The number of rotatable bonds is 6. The molecule has 0 aliphatic rings. The van der Waals surface area contributed by atoms with Gasteiger partial charge in [0.15, 0.2) is 0 Å². The van der Waals surface area contributed by atoms with Gasteiger partial charge in [-0.15, -0.1) is 0 Å². The number of halogens is 1. The monoisotopic (exact) mass is 425 g/mol. The van der Waals surface area contributed by atoms with Gasteiger partial charge in [-0.1, -0.05) is 60.1 Å². The first-order chi connectivity index (χ1) is 13.0. The topological polar surface area (TPSA) is 59.4 Å². The summed E-state index contributed by atoms with van der Waals surface area (Å²) in [6.45, 7) is 4.82. The minimum atomic E-state index is -1.04. The molecule has 27 heavy (non-hydrogen) atoms. The highest BCUT2D eigenvalue weighted by atomic mass is 79.9. The molecule has 0 bridgehead atoms. The van der Waals surface area contributed by atoms with E-state index in [1.807, 2.05) is 48.5 Å². The van der Waals surface area contributed by atoms with Crippen molar-refractivity contribution >= 4 is 21.9 Å². The van der Waals surface area contributed by atoms with Gasteiger partial charge < -0.3 is 9.84 Å². The molecule has 1 N–H and O–H groups in total. The van der Waals surface area contributed by atoms with E-state index in [1.165, 1.54) is 6.07 Å². The lowest BCUT2D eigenvalue weighted by atomic mass is 9.96.